The molecule has 0 aliphatic heterocycles. The average molecular weight is 173 g/mol. The second-order valence-electron chi connectivity index (χ2n) is 2.73. The van der Waals surface area contributed by atoms with E-state index in [1.165, 1.54) is 6.07 Å². The fourth-order valence-electron chi connectivity index (χ4n) is 1.26. The average Bonchev–Trinajstić information content (AvgIpc) is 2.18. The molecular weight excluding hydrogens is 166 g/mol. The number of aromatic nitrogens is 1. The number of aldehydes is 1. The van der Waals surface area contributed by atoms with E-state index < -0.39 is 0 Å². The molecule has 1 N–H and O–H groups in total. The first-order valence-corrected chi connectivity index (χ1v) is 3.84. The number of rotatable bonds is 1. The summed E-state index contributed by atoms with van der Waals surface area (Å²) in [6.07, 6.45) is 2.30. The monoisotopic (exact) mass is 173 g/mol. The number of phenolic OH excluding ortho intramolecular Hbond substituents is 1. The molecule has 3 heteroatoms. The van der Waals surface area contributed by atoms with Crippen molar-refractivity contribution in [2.24, 2.45) is 0 Å². The molecule has 0 radical (unpaired) electrons. The van der Waals surface area contributed by atoms with E-state index in [1.807, 2.05) is 0 Å². The third-order valence-corrected chi connectivity index (χ3v) is 1.84. The quantitative estimate of drug-likeness (QED) is 0.668. The summed E-state index contributed by atoms with van der Waals surface area (Å²) in [6.45, 7) is 0. The van der Waals surface area contributed by atoms with Crippen LogP contribution in [-0.2, 0) is 0 Å². The zero-order valence-electron chi connectivity index (χ0n) is 6.77. The lowest BCUT2D eigenvalue weighted by atomic mass is 10.1. The van der Waals surface area contributed by atoms with E-state index in [1.54, 1.807) is 24.4 Å². The van der Waals surface area contributed by atoms with E-state index in [0.29, 0.717) is 17.4 Å². The Labute approximate surface area is 74.7 Å². The van der Waals surface area contributed by atoms with Gasteiger partial charge in [0.1, 0.15) is 17.6 Å². The van der Waals surface area contributed by atoms with Crippen molar-refractivity contribution in [3.63, 3.8) is 0 Å². The molecule has 1 aromatic heterocycles. The molecule has 0 fully saturated rings. The number of phenols is 1. The molecule has 0 bridgehead atoms. The summed E-state index contributed by atoms with van der Waals surface area (Å²) in [5, 5.41) is 10.2. The van der Waals surface area contributed by atoms with Crippen LogP contribution < -0.4 is 0 Å². The molecule has 0 spiro atoms. The highest BCUT2D eigenvalue weighted by Crippen LogP contribution is 2.23. The van der Waals surface area contributed by atoms with Crippen LogP contribution in [0.2, 0.25) is 0 Å². The predicted molar refractivity (Wildman–Crippen MR) is 48.8 cm³/mol. The first-order chi connectivity index (χ1) is 6.31. The number of hydrogen-bond acceptors (Lipinski definition) is 3. The summed E-state index contributed by atoms with van der Waals surface area (Å²) in [7, 11) is 0. The normalized spacial score (nSPS) is 10.2. The molecule has 1 heterocycles. The first-order valence-electron chi connectivity index (χ1n) is 3.84. The van der Waals surface area contributed by atoms with E-state index in [0.717, 1.165) is 5.39 Å². The minimum atomic E-state index is 0.0419. The molecule has 0 saturated carbocycles. The van der Waals surface area contributed by atoms with Gasteiger partial charge in [-0.1, -0.05) is 6.07 Å². The van der Waals surface area contributed by atoms with Gasteiger partial charge in [-0.15, -0.1) is 0 Å². The Morgan fingerprint density at radius 1 is 1.38 bits per heavy atom. The first kappa shape index (κ1) is 7.73. The van der Waals surface area contributed by atoms with E-state index in [2.05, 4.69) is 4.98 Å². The van der Waals surface area contributed by atoms with Gasteiger partial charge in [-0.25, -0.2) is 0 Å². The van der Waals surface area contributed by atoms with Gasteiger partial charge in [-0.2, -0.15) is 0 Å². The molecule has 2 rings (SSSR count). The maximum Gasteiger partial charge on any atom is 0.150 e. The summed E-state index contributed by atoms with van der Waals surface area (Å²) in [6, 6.07) is 6.66. The molecule has 0 amide bonds. The highest BCUT2D eigenvalue weighted by molar-refractivity contribution is 5.90. The summed E-state index contributed by atoms with van der Waals surface area (Å²) in [4.78, 5) is 14.5. The Morgan fingerprint density at radius 2 is 2.23 bits per heavy atom. The van der Waals surface area contributed by atoms with E-state index in [9.17, 15) is 9.90 Å². The molecule has 0 aliphatic carbocycles. The number of hydrogen-bond donors (Lipinski definition) is 1. The molecule has 2 aromatic rings. The highest BCUT2D eigenvalue weighted by Gasteiger charge is 2.02. The summed E-state index contributed by atoms with van der Waals surface area (Å²) < 4.78 is 0. The van der Waals surface area contributed by atoms with E-state index >= 15 is 0 Å². The summed E-state index contributed by atoms with van der Waals surface area (Å²) >= 11 is 0. The highest BCUT2D eigenvalue weighted by atomic mass is 16.3. The fraction of sp³-hybridized carbons (Fsp3) is 0. The largest absolute Gasteiger partial charge is 0.506 e. The Morgan fingerprint density at radius 3 is 3.00 bits per heavy atom. The Balaban J connectivity index is 2.84. The standard InChI is InChI=1S/C10H7NO2/c12-6-7-4-8-2-1-3-11-10(8)9(13)5-7/h1-6,13H. The van der Waals surface area contributed by atoms with Gasteiger partial charge in [-0.05, 0) is 18.2 Å². The van der Waals surface area contributed by atoms with Crippen molar-refractivity contribution in [3.8, 4) is 5.75 Å². The van der Waals surface area contributed by atoms with E-state index in [-0.39, 0.29) is 5.75 Å². The second kappa shape index (κ2) is 2.86. The lowest BCUT2D eigenvalue weighted by Crippen LogP contribution is -1.83. The topological polar surface area (TPSA) is 50.2 Å². The van der Waals surface area contributed by atoms with Gasteiger partial charge in [0.15, 0.2) is 0 Å². The number of carbonyl (C=O) groups is 1. The second-order valence-corrected chi connectivity index (χ2v) is 2.73. The van der Waals surface area contributed by atoms with Crippen molar-refractivity contribution in [3.05, 3.63) is 36.0 Å². The number of aromatic hydroxyl groups is 1. The van der Waals surface area contributed by atoms with Crippen LogP contribution in [0, 0.1) is 0 Å². The molecule has 0 saturated heterocycles. The molecular formula is C10H7NO2. The Hall–Kier alpha value is -1.90. The number of pyridine rings is 1. The van der Waals surface area contributed by atoms with Crippen LogP contribution in [0.15, 0.2) is 30.5 Å². The van der Waals surface area contributed by atoms with Crippen molar-refractivity contribution in [2.45, 2.75) is 0 Å². The van der Waals surface area contributed by atoms with Gasteiger partial charge in [0.05, 0.1) is 0 Å². The minimum Gasteiger partial charge on any atom is -0.506 e. The van der Waals surface area contributed by atoms with Crippen LogP contribution in [0.1, 0.15) is 10.4 Å². The SMILES string of the molecule is O=Cc1cc(O)c2ncccc2c1. The smallest absolute Gasteiger partial charge is 0.150 e. The number of carbonyl (C=O) groups excluding carboxylic acids is 1. The van der Waals surface area contributed by atoms with Gasteiger partial charge in [-0.3, -0.25) is 9.78 Å². The molecule has 3 nitrogen and oxygen atoms in total. The van der Waals surface area contributed by atoms with Gasteiger partial charge in [0.25, 0.3) is 0 Å². The van der Waals surface area contributed by atoms with Crippen molar-refractivity contribution in [2.75, 3.05) is 0 Å². The van der Waals surface area contributed by atoms with Crippen LogP contribution in [0.5, 0.6) is 5.75 Å². The van der Waals surface area contributed by atoms with Crippen molar-refractivity contribution in [1.82, 2.24) is 4.98 Å². The van der Waals surface area contributed by atoms with Crippen molar-refractivity contribution in [1.29, 1.82) is 0 Å². The predicted octanol–water partition coefficient (Wildman–Crippen LogP) is 1.75. The van der Waals surface area contributed by atoms with Gasteiger partial charge in [0, 0.05) is 17.1 Å². The fourth-order valence-corrected chi connectivity index (χ4v) is 1.26. The Bertz CT molecular complexity index is 465. The zero-order chi connectivity index (χ0) is 9.26. The third kappa shape index (κ3) is 1.24. The molecule has 0 aliphatic rings. The molecule has 0 atom stereocenters. The molecule has 1 aromatic carbocycles. The molecule has 0 unspecified atom stereocenters. The van der Waals surface area contributed by atoms with Crippen molar-refractivity contribution >= 4 is 17.2 Å². The minimum absolute atomic E-state index is 0.0419. The van der Waals surface area contributed by atoms with E-state index in [4.69, 9.17) is 0 Å². The maximum atomic E-state index is 10.5. The van der Waals surface area contributed by atoms with Gasteiger partial charge in [0.2, 0.25) is 0 Å². The van der Waals surface area contributed by atoms with Crippen LogP contribution in [-0.4, -0.2) is 16.4 Å². The number of fused-ring (bicyclic) bond motifs is 1. The van der Waals surface area contributed by atoms with Gasteiger partial charge >= 0.3 is 0 Å². The van der Waals surface area contributed by atoms with Crippen LogP contribution in [0.25, 0.3) is 10.9 Å². The number of nitrogens with zero attached hydrogens (tertiary/aromatic N) is 1. The van der Waals surface area contributed by atoms with Gasteiger partial charge < -0.3 is 5.11 Å². The lowest BCUT2D eigenvalue weighted by Gasteiger charge is -1.99. The zero-order valence-corrected chi connectivity index (χ0v) is 6.77. The summed E-state index contributed by atoms with van der Waals surface area (Å²) in [5.41, 5.74) is 0.978. The van der Waals surface area contributed by atoms with Crippen LogP contribution in [0.4, 0.5) is 0 Å². The lowest BCUT2D eigenvalue weighted by molar-refractivity contribution is 0.112. The van der Waals surface area contributed by atoms with Crippen LogP contribution >= 0.6 is 0 Å². The molecule has 13 heavy (non-hydrogen) atoms. The Kier molecular flexibility index (Phi) is 1.70. The van der Waals surface area contributed by atoms with Crippen molar-refractivity contribution < 1.29 is 9.90 Å². The summed E-state index contributed by atoms with van der Waals surface area (Å²) in [5.74, 6) is 0.0419. The molecule has 64 valence electrons. The van der Waals surface area contributed by atoms with Crippen LogP contribution in [0.3, 0.4) is 0 Å². The third-order valence-electron chi connectivity index (χ3n) is 1.84. The number of benzene rings is 1. The maximum absolute atomic E-state index is 10.5.